The van der Waals surface area contributed by atoms with Crippen LogP contribution >= 0.6 is 0 Å². The van der Waals surface area contributed by atoms with Gasteiger partial charge in [-0.2, -0.15) is 0 Å². The number of rotatable bonds is 5. The van der Waals surface area contributed by atoms with Gasteiger partial charge in [-0.3, -0.25) is 14.6 Å². The predicted molar refractivity (Wildman–Crippen MR) is 64.7 cm³/mol. The van der Waals surface area contributed by atoms with Crippen LogP contribution in [0.2, 0.25) is 0 Å². The Morgan fingerprint density at radius 3 is 2.89 bits per heavy atom. The van der Waals surface area contributed by atoms with Crippen LogP contribution < -0.4 is 5.32 Å². The van der Waals surface area contributed by atoms with E-state index >= 15 is 0 Å². The Morgan fingerprint density at radius 1 is 1.50 bits per heavy atom. The minimum atomic E-state index is -0.887. The zero-order valence-electron chi connectivity index (χ0n) is 10.2. The Balaban J connectivity index is 1.89. The third-order valence-electron chi connectivity index (χ3n) is 3.24. The van der Waals surface area contributed by atoms with Crippen molar-refractivity contribution in [2.45, 2.75) is 26.3 Å². The zero-order chi connectivity index (χ0) is 13.1. The summed E-state index contributed by atoms with van der Waals surface area (Å²) in [5, 5.41) is 11.5. The van der Waals surface area contributed by atoms with Crippen molar-refractivity contribution in [3.05, 3.63) is 29.6 Å². The number of nitrogens with zero attached hydrogens (tertiary/aromatic N) is 1. The molecule has 1 aromatic rings. The molecule has 1 heterocycles. The van der Waals surface area contributed by atoms with Crippen molar-refractivity contribution in [2.24, 2.45) is 11.8 Å². The lowest BCUT2D eigenvalue weighted by molar-refractivity contribution is -0.140. The van der Waals surface area contributed by atoms with Gasteiger partial charge in [-0.05, 0) is 24.5 Å². The Kier molecular flexibility index (Phi) is 3.60. The van der Waals surface area contributed by atoms with E-state index in [4.69, 9.17) is 5.11 Å². The van der Waals surface area contributed by atoms with Gasteiger partial charge in [-0.1, -0.05) is 13.0 Å². The summed E-state index contributed by atoms with van der Waals surface area (Å²) in [6.07, 6.45) is 3.00. The predicted octanol–water partition coefficient (Wildman–Crippen LogP) is 0.981. The van der Waals surface area contributed by atoms with Gasteiger partial charge in [0.1, 0.15) is 0 Å². The molecule has 5 heteroatoms. The maximum Gasteiger partial charge on any atom is 0.307 e. The fraction of sp³-hybridized carbons (Fsp3) is 0.462. The van der Waals surface area contributed by atoms with Crippen LogP contribution in [0.4, 0.5) is 0 Å². The molecule has 1 amide bonds. The van der Waals surface area contributed by atoms with E-state index < -0.39 is 11.9 Å². The number of amides is 1. The summed E-state index contributed by atoms with van der Waals surface area (Å²) in [5.41, 5.74) is 1.95. The van der Waals surface area contributed by atoms with Gasteiger partial charge in [-0.25, -0.2) is 0 Å². The number of aryl methyl sites for hydroxylation is 1. The summed E-state index contributed by atoms with van der Waals surface area (Å²) in [4.78, 5) is 26.6. The summed E-state index contributed by atoms with van der Waals surface area (Å²) in [5.74, 6) is -1.94. The van der Waals surface area contributed by atoms with Crippen molar-refractivity contribution >= 4 is 11.9 Å². The zero-order valence-corrected chi connectivity index (χ0v) is 10.2. The molecule has 0 saturated heterocycles. The Morgan fingerprint density at radius 2 is 2.28 bits per heavy atom. The van der Waals surface area contributed by atoms with Crippen molar-refractivity contribution in [3.63, 3.8) is 0 Å². The summed E-state index contributed by atoms with van der Waals surface area (Å²) in [6.45, 7) is 2.40. The SMILES string of the molecule is CCc1cccnc1CNC(=O)C1CC1C(=O)O. The molecule has 2 rings (SSSR count). The summed E-state index contributed by atoms with van der Waals surface area (Å²) in [7, 11) is 0. The van der Waals surface area contributed by atoms with Crippen LogP contribution in [0.3, 0.4) is 0 Å². The number of hydrogen-bond donors (Lipinski definition) is 2. The summed E-state index contributed by atoms with van der Waals surface area (Å²) in [6, 6.07) is 3.84. The molecule has 1 aliphatic rings. The number of aromatic nitrogens is 1. The minimum absolute atomic E-state index is 0.185. The lowest BCUT2D eigenvalue weighted by Crippen LogP contribution is -2.26. The van der Waals surface area contributed by atoms with Crippen molar-refractivity contribution in [3.8, 4) is 0 Å². The maximum atomic E-state index is 11.7. The number of nitrogens with one attached hydrogen (secondary N) is 1. The second-order valence-corrected chi connectivity index (χ2v) is 4.47. The van der Waals surface area contributed by atoms with E-state index in [0.29, 0.717) is 13.0 Å². The molecule has 2 unspecified atom stereocenters. The molecule has 1 aromatic heterocycles. The van der Waals surface area contributed by atoms with Crippen LogP contribution in [0.15, 0.2) is 18.3 Å². The number of aliphatic carboxylic acids is 1. The van der Waals surface area contributed by atoms with Crippen LogP contribution in [-0.4, -0.2) is 22.0 Å². The fourth-order valence-electron chi connectivity index (χ4n) is 2.01. The molecule has 0 radical (unpaired) electrons. The molecular formula is C13H16N2O3. The largest absolute Gasteiger partial charge is 0.481 e. The van der Waals surface area contributed by atoms with E-state index in [0.717, 1.165) is 17.7 Å². The van der Waals surface area contributed by atoms with Gasteiger partial charge in [0.15, 0.2) is 0 Å². The highest BCUT2D eigenvalue weighted by atomic mass is 16.4. The molecule has 18 heavy (non-hydrogen) atoms. The average Bonchev–Trinajstić information content (AvgIpc) is 3.16. The fourth-order valence-corrected chi connectivity index (χ4v) is 2.01. The van der Waals surface area contributed by atoms with E-state index in [2.05, 4.69) is 10.3 Å². The first-order chi connectivity index (χ1) is 8.63. The average molecular weight is 248 g/mol. The Labute approximate surface area is 105 Å². The second kappa shape index (κ2) is 5.16. The highest BCUT2D eigenvalue weighted by molar-refractivity contribution is 5.89. The van der Waals surface area contributed by atoms with E-state index in [1.54, 1.807) is 6.20 Å². The summed E-state index contributed by atoms with van der Waals surface area (Å²) < 4.78 is 0. The van der Waals surface area contributed by atoms with E-state index in [1.165, 1.54) is 0 Å². The van der Waals surface area contributed by atoms with Gasteiger partial charge >= 0.3 is 5.97 Å². The lowest BCUT2D eigenvalue weighted by Gasteiger charge is -2.07. The highest BCUT2D eigenvalue weighted by Gasteiger charge is 2.48. The van der Waals surface area contributed by atoms with E-state index in [9.17, 15) is 9.59 Å². The number of carboxylic acids is 1. The Bertz CT molecular complexity index is 473. The first-order valence-corrected chi connectivity index (χ1v) is 6.06. The van der Waals surface area contributed by atoms with Gasteiger partial charge in [0, 0.05) is 6.20 Å². The normalized spacial score (nSPS) is 21.4. The smallest absolute Gasteiger partial charge is 0.307 e. The molecule has 0 aromatic carbocycles. The quantitative estimate of drug-likeness (QED) is 0.814. The standard InChI is InChI=1S/C13H16N2O3/c1-2-8-4-3-5-14-11(8)7-15-12(16)9-6-10(9)13(17)18/h3-5,9-10H,2,6-7H2,1H3,(H,15,16)(H,17,18). The van der Waals surface area contributed by atoms with Gasteiger partial charge in [-0.15, -0.1) is 0 Å². The molecule has 5 nitrogen and oxygen atoms in total. The second-order valence-electron chi connectivity index (χ2n) is 4.47. The molecule has 0 spiro atoms. The number of carboxylic acid groups (broad SMARTS) is 1. The first kappa shape index (κ1) is 12.5. The maximum absolute atomic E-state index is 11.7. The molecule has 2 atom stereocenters. The topological polar surface area (TPSA) is 79.3 Å². The number of carbonyl (C=O) groups is 2. The highest BCUT2D eigenvalue weighted by Crippen LogP contribution is 2.38. The number of pyridine rings is 1. The number of carbonyl (C=O) groups excluding carboxylic acids is 1. The minimum Gasteiger partial charge on any atom is -0.481 e. The van der Waals surface area contributed by atoms with Gasteiger partial charge < -0.3 is 10.4 Å². The monoisotopic (exact) mass is 248 g/mol. The third kappa shape index (κ3) is 2.67. The molecular weight excluding hydrogens is 232 g/mol. The van der Waals surface area contributed by atoms with Crippen LogP contribution in [-0.2, 0) is 22.6 Å². The first-order valence-electron chi connectivity index (χ1n) is 6.06. The molecule has 96 valence electrons. The molecule has 0 aliphatic heterocycles. The molecule has 2 N–H and O–H groups in total. The van der Waals surface area contributed by atoms with Crippen molar-refractivity contribution < 1.29 is 14.7 Å². The van der Waals surface area contributed by atoms with E-state index in [1.807, 2.05) is 19.1 Å². The van der Waals surface area contributed by atoms with E-state index in [-0.39, 0.29) is 11.8 Å². The van der Waals surface area contributed by atoms with Crippen LogP contribution in [0.25, 0.3) is 0 Å². The van der Waals surface area contributed by atoms with Crippen LogP contribution in [0.5, 0.6) is 0 Å². The molecule has 1 fully saturated rings. The lowest BCUT2D eigenvalue weighted by atomic mass is 10.1. The van der Waals surface area contributed by atoms with Gasteiger partial charge in [0.25, 0.3) is 0 Å². The van der Waals surface area contributed by atoms with Crippen molar-refractivity contribution in [1.29, 1.82) is 0 Å². The third-order valence-corrected chi connectivity index (χ3v) is 3.24. The number of hydrogen-bond acceptors (Lipinski definition) is 3. The molecule has 1 saturated carbocycles. The van der Waals surface area contributed by atoms with Crippen LogP contribution in [0.1, 0.15) is 24.6 Å². The molecule has 1 aliphatic carbocycles. The molecule has 0 bridgehead atoms. The van der Waals surface area contributed by atoms with Gasteiger partial charge in [0.2, 0.25) is 5.91 Å². The summed E-state index contributed by atoms with van der Waals surface area (Å²) >= 11 is 0. The van der Waals surface area contributed by atoms with Crippen molar-refractivity contribution in [2.75, 3.05) is 0 Å². The van der Waals surface area contributed by atoms with Gasteiger partial charge in [0.05, 0.1) is 24.1 Å². The van der Waals surface area contributed by atoms with Crippen molar-refractivity contribution in [1.82, 2.24) is 10.3 Å². The van der Waals surface area contributed by atoms with Crippen LogP contribution in [0, 0.1) is 11.8 Å². The Hall–Kier alpha value is -1.91.